The van der Waals surface area contributed by atoms with Crippen molar-refractivity contribution in [2.75, 3.05) is 0 Å². The summed E-state index contributed by atoms with van der Waals surface area (Å²) in [6.45, 7) is 13.8. The minimum Gasteiger partial charge on any atom is -0.318 e. The zero-order chi connectivity index (χ0) is 12.1. The Balaban J connectivity index is 4.01. The average molecular weight is 237 g/mol. The van der Waals surface area contributed by atoms with Gasteiger partial charge in [0.05, 0.1) is 17.8 Å². The molecule has 0 saturated carbocycles. The lowest BCUT2D eigenvalue weighted by Crippen LogP contribution is -2.28. The van der Waals surface area contributed by atoms with Gasteiger partial charge in [-0.1, -0.05) is 0 Å². The summed E-state index contributed by atoms with van der Waals surface area (Å²) < 4.78 is 11.1. The molecule has 0 amide bonds. The monoisotopic (exact) mass is 237 g/mol. The minimum absolute atomic E-state index is 0.117. The Kier molecular flexibility index (Phi) is 6.89. The summed E-state index contributed by atoms with van der Waals surface area (Å²) in [4.78, 5) is 5.42. The van der Waals surface area contributed by atoms with Crippen molar-refractivity contribution in [2.24, 2.45) is 0 Å². The van der Waals surface area contributed by atoms with Crippen LogP contribution in [0.2, 0.25) is 0 Å². The second-order valence-corrected chi connectivity index (χ2v) is 5.99. The van der Waals surface area contributed by atoms with Crippen molar-refractivity contribution < 1.29 is 13.9 Å². The molecule has 0 spiro atoms. The predicted octanol–water partition coefficient (Wildman–Crippen LogP) is 3.38. The molecule has 0 aliphatic carbocycles. The smallest absolute Gasteiger partial charge is 0.281 e. The topological polar surface area (TPSA) is 39.7 Å². The molecule has 0 aromatic heterocycles. The molecule has 15 heavy (non-hydrogen) atoms. The van der Waals surface area contributed by atoms with E-state index in [0.29, 0.717) is 0 Å². The van der Waals surface area contributed by atoms with Crippen LogP contribution in [0.15, 0.2) is 0 Å². The zero-order valence-corrected chi connectivity index (χ0v) is 11.7. The standard InChI is InChI=1S/C10H24NO3P/c1-8(2)12-15(13-9(3)4)11-14-10(5,6)7/h8-9,11H,1-7H3. The molecule has 4 nitrogen and oxygen atoms in total. The highest BCUT2D eigenvalue weighted by Gasteiger charge is 2.19. The first kappa shape index (κ1) is 15.3. The van der Waals surface area contributed by atoms with Gasteiger partial charge in [0.15, 0.2) is 0 Å². The maximum absolute atomic E-state index is 5.56. The molecule has 1 N–H and O–H groups in total. The molecule has 5 heteroatoms. The van der Waals surface area contributed by atoms with E-state index in [2.05, 4.69) is 5.25 Å². The van der Waals surface area contributed by atoms with Gasteiger partial charge in [-0.15, -0.1) is 5.25 Å². The van der Waals surface area contributed by atoms with Crippen LogP contribution in [0.4, 0.5) is 0 Å². The Hall–Kier alpha value is 0.270. The summed E-state index contributed by atoms with van der Waals surface area (Å²) in [5.74, 6) is 0. The first-order valence-corrected chi connectivity index (χ1v) is 6.46. The van der Waals surface area contributed by atoms with E-state index in [-0.39, 0.29) is 17.8 Å². The van der Waals surface area contributed by atoms with E-state index in [1.54, 1.807) is 0 Å². The van der Waals surface area contributed by atoms with E-state index in [4.69, 9.17) is 13.9 Å². The summed E-state index contributed by atoms with van der Waals surface area (Å²) >= 11 is 0. The van der Waals surface area contributed by atoms with Gasteiger partial charge in [0.1, 0.15) is 0 Å². The quantitative estimate of drug-likeness (QED) is 0.568. The van der Waals surface area contributed by atoms with Gasteiger partial charge in [-0.2, -0.15) is 0 Å². The van der Waals surface area contributed by atoms with Crippen molar-refractivity contribution in [1.29, 1.82) is 0 Å². The van der Waals surface area contributed by atoms with Crippen LogP contribution in [0.1, 0.15) is 48.5 Å². The van der Waals surface area contributed by atoms with Crippen LogP contribution in [0.5, 0.6) is 0 Å². The summed E-state index contributed by atoms with van der Waals surface area (Å²) in [5, 5.41) is 2.84. The van der Waals surface area contributed by atoms with Crippen LogP contribution in [0, 0.1) is 0 Å². The van der Waals surface area contributed by atoms with Crippen LogP contribution >= 0.6 is 8.53 Å². The molecule has 0 rings (SSSR count). The van der Waals surface area contributed by atoms with Gasteiger partial charge in [-0.3, -0.25) is 4.84 Å². The maximum Gasteiger partial charge on any atom is 0.281 e. The number of hydrogen-bond acceptors (Lipinski definition) is 4. The van der Waals surface area contributed by atoms with Crippen LogP contribution in [-0.4, -0.2) is 17.8 Å². The maximum atomic E-state index is 5.56. The van der Waals surface area contributed by atoms with Gasteiger partial charge in [0.2, 0.25) is 0 Å². The minimum atomic E-state index is -1.18. The Morgan fingerprint density at radius 2 is 1.33 bits per heavy atom. The van der Waals surface area contributed by atoms with Gasteiger partial charge >= 0.3 is 0 Å². The highest BCUT2D eigenvalue weighted by atomic mass is 31.2. The molecule has 0 radical (unpaired) electrons. The van der Waals surface area contributed by atoms with Crippen molar-refractivity contribution in [3.8, 4) is 0 Å². The van der Waals surface area contributed by atoms with E-state index < -0.39 is 8.53 Å². The van der Waals surface area contributed by atoms with Crippen molar-refractivity contribution in [3.63, 3.8) is 0 Å². The lowest BCUT2D eigenvalue weighted by molar-refractivity contribution is -0.0479. The third-order valence-corrected chi connectivity index (χ3v) is 2.51. The summed E-state index contributed by atoms with van der Waals surface area (Å²) in [6.07, 6.45) is 0.233. The molecule has 0 aromatic rings. The van der Waals surface area contributed by atoms with Gasteiger partial charge in [-0.25, -0.2) is 0 Å². The van der Waals surface area contributed by atoms with Gasteiger partial charge in [0.25, 0.3) is 8.53 Å². The van der Waals surface area contributed by atoms with Crippen LogP contribution < -0.4 is 5.25 Å². The Morgan fingerprint density at radius 3 is 1.60 bits per heavy atom. The average Bonchev–Trinajstić information content (AvgIpc) is 1.96. The molecule has 0 bridgehead atoms. The second kappa shape index (κ2) is 6.77. The first-order chi connectivity index (χ1) is 6.70. The van der Waals surface area contributed by atoms with E-state index in [9.17, 15) is 0 Å². The molecule has 0 aromatic carbocycles. The van der Waals surface area contributed by atoms with Crippen LogP contribution in [-0.2, 0) is 13.9 Å². The fourth-order valence-corrected chi connectivity index (χ4v) is 1.88. The van der Waals surface area contributed by atoms with Gasteiger partial charge < -0.3 is 9.05 Å². The molecular formula is C10H24NO3P. The SMILES string of the molecule is CC(C)OP(NOC(C)(C)C)OC(C)C. The van der Waals surface area contributed by atoms with Crippen molar-refractivity contribution in [1.82, 2.24) is 5.25 Å². The summed E-state index contributed by atoms with van der Waals surface area (Å²) in [7, 11) is -1.18. The first-order valence-electron chi connectivity index (χ1n) is 5.28. The van der Waals surface area contributed by atoms with Gasteiger partial charge in [0, 0.05) is 0 Å². The molecular weight excluding hydrogens is 213 g/mol. The normalized spacial score (nSPS) is 13.2. The fraction of sp³-hybridized carbons (Fsp3) is 1.00. The molecule has 0 aliphatic heterocycles. The van der Waals surface area contributed by atoms with E-state index >= 15 is 0 Å². The Morgan fingerprint density at radius 1 is 0.933 bits per heavy atom. The molecule has 0 aliphatic rings. The Labute approximate surface area is 94.6 Å². The highest BCUT2D eigenvalue weighted by Crippen LogP contribution is 2.37. The fourth-order valence-electron chi connectivity index (χ4n) is 0.625. The molecule has 0 unspecified atom stereocenters. The molecule has 0 fully saturated rings. The highest BCUT2D eigenvalue weighted by molar-refractivity contribution is 7.44. The summed E-state index contributed by atoms with van der Waals surface area (Å²) in [5.41, 5.74) is -0.249. The second-order valence-electron chi connectivity index (χ2n) is 4.87. The third-order valence-electron chi connectivity index (χ3n) is 1.04. The van der Waals surface area contributed by atoms with Crippen LogP contribution in [0.3, 0.4) is 0 Å². The van der Waals surface area contributed by atoms with E-state index in [1.807, 2.05) is 48.5 Å². The van der Waals surface area contributed by atoms with Crippen LogP contribution in [0.25, 0.3) is 0 Å². The molecule has 0 atom stereocenters. The van der Waals surface area contributed by atoms with Crippen molar-refractivity contribution >= 4 is 8.53 Å². The Bertz CT molecular complexity index is 159. The van der Waals surface area contributed by atoms with Gasteiger partial charge in [-0.05, 0) is 48.5 Å². The van der Waals surface area contributed by atoms with Crippen molar-refractivity contribution in [2.45, 2.75) is 66.3 Å². The van der Waals surface area contributed by atoms with Crippen molar-refractivity contribution in [3.05, 3.63) is 0 Å². The third kappa shape index (κ3) is 10.6. The lowest BCUT2D eigenvalue weighted by atomic mass is 10.2. The number of hydrogen-bond donors (Lipinski definition) is 1. The molecule has 0 heterocycles. The molecule has 0 saturated heterocycles. The summed E-state index contributed by atoms with van der Waals surface area (Å²) in [6, 6.07) is 0. The number of rotatable bonds is 6. The van der Waals surface area contributed by atoms with E-state index in [1.165, 1.54) is 0 Å². The zero-order valence-electron chi connectivity index (χ0n) is 10.8. The largest absolute Gasteiger partial charge is 0.318 e. The number of nitrogens with one attached hydrogen (secondary N) is 1. The lowest BCUT2D eigenvalue weighted by Gasteiger charge is -2.26. The predicted molar refractivity (Wildman–Crippen MR) is 63.3 cm³/mol. The molecule has 92 valence electrons. The van der Waals surface area contributed by atoms with E-state index in [0.717, 1.165) is 0 Å².